The lowest BCUT2D eigenvalue weighted by molar-refractivity contribution is 0.255. The number of urea groups is 1. The Morgan fingerprint density at radius 2 is 1.56 bits per heavy atom. The second-order valence-electron chi connectivity index (χ2n) is 6.19. The van der Waals surface area contributed by atoms with Crippen LogP contribution in [0.4, 0.5) is 20.6 Å². The smallest absolute Gasteiger partial charge is 0.288 e. The Bertz CT molecular complexity index is 949. The molecule has 0 unspecified atom stereocenters. The minimum absolute atomic E-state index is 0.0758. The van der Waals surface area contributed by atoms with Gasteiger partial charge in [0.25, 0.3) is 0 Å². The molecule has 0 saturated carbocycles. The summed E-state index contributed by atoms with van der Waals surface area (Å²) >= 11 is 3.38. The quantitative estimate of drug-likeness (QED) is 0.695. The predicted octanol–water partition coefficient (Wildman–Crippen LogP) is 3.20. The zero-order chi connectivity index (χ0) is 17.8. The Labute approximate surface area is 153 Å². The van der Waals surface area contributed by atoms with E-state index in [0.717, 1.165) is 4.47 Å². The van der Waals surface area contributed by atoms with Crippen molar-refractivity contribution in [2.75, 3.05) is 21.3 Å². The van der Waals surface area contributed by atoms with Crippen molar-refractivity contribution >= 4 is 43.2 Å². The number of anilines is 2. The van der Waals surface area contributed by atoms with Gasteiger partial charge in [0.15, 0.2) is 9.84 Å². The van der Waals surface area contributed by atoms with Crippen LogP contribution in [0.2, 0.25) is 0 Å². The molecule has 2 aliphatic heterocycles. The number of rotatable bonds is 2. The molecule has 0 aromatic heterocycles. The summed E-state index contributed by atoms with van der Waals surface area (Å²) in [7, 11) is -3.25. The van der Waals surface area contributed by atoms with Crippen LogP contribution in [0.3, 0.4) is 0 Å². The lowest BCUT2D eigenvalue weighted by Crippen LogP contribution is -2.37. The predicted molar refractivity (Wildman–Crippen MR) is 97.1 cm³/mol. The fraction of sp³-hybridized carbons (Fsp3) is 0.235. The summed E-state index contributed by atoms with van der Waals surface area (Å²) in [5.41, 5.74) is 1.13. The Balaban J connectivity index is 1.81. The normalized spacial score (nSPS) is 24.6. The third-order valence-electron chi connectivity index (χ3n) is 4.56. The fourth-order valence-corrected chi connectivity index (χ4v) is 5.84. The van der Waals surface area contributed by atoms with E-state index >= 15 is 0 Å². The van der Waals surface area contributed by atoms with Crippen LogP contribution in [-0.2, 0) is 9.84 Å². The van der Waals surface area contributed by atoms with Gasteiger partial charge >= 0.3 is 6.03 Å². The lowest BCUT2D eigenvalue weighted by Gasteiger charge is -2.22. The maximum Gasteiger partial charge on any atom is 0.329 e. The van der Waals surface area contributed by atoms with Crippen molar-refractivity contribution in [2.45, 2.75) is 12.1 Å². The van der Waals surface area contributed by atoms with Crippen molar-refractivity contribution in [3.63, 3.8) is 0 Å². The zero-order valence-electron chi connectivity index (χ0n) is 13.0. The molecule has 0 spiro atoms. The van der Waals surface area contributed by atoms with Gasteiger partial charge in [-0.1, -0.05) is 22.0 Å². The van der Waals surface area contributed by atoms with Gasteiger partial charge < -0.3 is 0 Å². The first-order valence-corrected chi connectivity index (χ1v) is 10.3. The molecule has 2 aromatic rings. The number of benzene rings is 2. The standard InChI is InChI=1S/C17H14BrFN2O3S/c18-11-2-1-3-14(8-11)21-16-10-25(23,24)9-15(16)20(17(21)22)13-6-4-12(19)5-7-13/h1-8,15-16H,9-10H2/t15-,16-/m0/s1. The van der Waals surface area contributed by atoms with Gasteiger partial charge in [-0.3, -0.25) is 9.80 Å². The van der Waals surface area contributed by atoms with Crippen LogP contribution in [0.1, 0.15) is 0 Å². The topological polar surface area (TPSA) is 57.7 Å². The van der Waals surface area contributed by atoms with Crippen molar-refractivity contribution in [3.8, 4) is 0 Å². The zero-order valence-corrected chi connectivity index (χ0v) is 15.4. The van der Waals surface area contributed by atoms with Gasteiger partial charge in [-0.05, 0) is 42.5 Å². The van der Waals surface area contributed by atoms with E-state index in [4.69, 9.17) is 0 Å². The second-order valence-corrected chi connectivity index (χ2v) is 9.26. The van der Waals surface area contributed by atoms with Crippen LogP contribution in [-0.4, -0.2) is 38.0 Å². The van der Waals surface area contributed by atoms with Crippen LogP contribution in [0, 0.1) is 5.82 Å². The van der Waals surface area contributed by atoms with Crippen molar-refractivity contribution in [3.05, 3.63) is 58.8 Å². The van der Waals surface area contributed by atoms with Crippen LogP contribution in [0.25, 0.3) is 0 Å². The molecule has 2 atom stereocenters. The van der Waals surface area contributed by atoms with E-state index in [1.807, 2.05) is 6.07 Å². The third kappa shape index (κ3) is 2.83. The molecule has 8 heteroatoms. The summed E-state index contributed by atoms with van der Waals surface area (Å²) in [6.45, 7) is 0. The van der Waals surface area contributed by atoms with Gasteiger partial charge in [0, 0.05) is 15.8 Å². The number of nitrogens with zero attached hydrogens (tertiary/aromatic N) is 2. The summed E-state index contributed by atoms with van der Waals surface area (Å²) in [6, 6.07) is 11.5. The van der Waals surface area contributed by atoms with E-state index in [-0.39, 0.29) is 17.5 Å². The van der Waals surface area contributed by atoms with Gasteiger partial charge in [0.05, 0.1) is 23.6 Å². The molecule has 0 bridgehead atoms. The number of halogens is 2. The number of hydrogen-bond donors (Lipinski definition) is 0. The summed E-state index contributed by atoms with van der Waals surface area (Å²) < 4.78 is 38.4. The number of sulfone groups is 1. The van der Waals surface area contributed by atoms with Crippen LogP contribution < -0.4 is 9.80 Å². The number of hydrogen-bond acceptors (Lipinski definition) is 3. The second kappa shape index (κ2) is 5.81. The van der Waals surface area contributed by atoms with Crippen molar-refractivity contribution in [2.24, 2.45) is 0 Å². The molecule has 2 saturated heterocycles. The highest BCUT2D eigenvalue weighted by Gasteiger charge is 2.54. The summed E-state index contributed by atoms with van der Waals surface area (Å²) in [6.07, 6.45) is 0. The first-order chi connectivity index (χ1) is 11.9. The Hall–Kier alpha value is -1.93. The molecule has 2 heterocycles. The molecule has 0 N–H and O–H groups in total. The fourth-order valence-electron chi connectivity index (χ4n) is 3.54. The van der Waals surface area contributed by atoms with E-state index < -0.39 is 27.7 Å². The minimum atomic E-state index is -3.25. The Morgan fingerprint density at radius 1 is 0.960 bits per heavy atom. The molecule has 2 amide bonds. The maximum absolute atomic E-state index is 13.2. The molecule has 0 radical (unpaired) electrons. The van der Waals surface area contributed by atoms with E-state index in [9.17, 15) is 17.6 Å². The molecule has 0 aliphatic carbocycles. The number of carbonyl (C=O) groups excluding carboxylic acids is 1. The molecule has 25 heavy (non-hydrogen) atoms. The van der Waals surface area contributed by atoms with Gasteiger partial charge in [-0.25, -0.2) is 17.6 Å². The summed E-state index contributed by atoms with van der Waals surface area (Å²) in [5, 5.41) is 0. The highest BCUT2D eigenvalue weighted by Crippen LogP contribution is 2.38. The van der Waals surface area contributed by atoms with Crippen LogP contribution >= 0.6 is 15.9 Å². The molecule has 2 aliphatic rings. The first-order valence-electron chi connectivity index (χ1n) is 7.70. The summed E-state index contributed by atoms with van der Waals surface area (Å²) in [5.74, 6) is -0.575. The molecule has 5 nitrogen and oxygen atoms in total. The molecule has 4 rings (SSSR count). The first kappa shape index (κ1) is 16.5. The van der Waals surface area contributed by atoms with Gasteiger partial charge in [-0.15, -0.1) is 0 Å². The highest BCUT2D eigenvalue weighted by molar-refractivity contribution is 9.10. The lowest BCUT2D eigenvalue weighted by atomic mass is 10.1. The molecule has 130 valence electrons. The van der Waals surface area contributed by atoms with Gasteiger partial charge in [0.1, 0.15) is 5.82 Å². The van der Waals surface area contributed by atoms with Crippen molar-refractivity contribution in [1.82, 2.24) is 0 Å². The molecular formula is C17H14BrFN2O3S. The van der Waals surface area contributed by atoms with Crippen molar-refractivity contribution in [1.29, 1.82) is 0 Å². The minimum Gasteiger partial charge on any atom is -0.288 e. The molecule has 2 aromatic carbocycles. The monoisotopic (exact) mass is 424 g/mol. The number of fused-ring (bicyclic) bond motifs is 1. The van der Waals surface area contributed by atoms with Crippen LogP contribution in [0.5, 0.6) is 0 Å². The highest BCUT2D eigenvalue weighted by atomic mass is 79.9. The van der Waals surface area contributed by atoms with Crippen LogP contribution in [0.15, 0.2) is 53.0 Å². The van der Waals surface area contributed by atoms with E-state index in [1.54, 1.807) is 18.2 Å². The Kier molecular flexibility index (Phi) is 3.84. The van der Waals surface area contributed by atoms with E-state index in [1.165, 1.54) is 34.1 Å². The largest absolute Gasteiger partial charge is 0.329 e. The van der Waals surface area contributed by atoms with E-state index in [0.29, 0.717) is 11.4 Å². The SMILES string of the molecule is O=C1N(c2ccc(F)cc2)[C@H]2CS(=O)(=O)C[C@@H]2N1c1cccc(Br)c1. The maximum atomic E-state index is 13.2. The third-order valence-corrected chi connectivity index (χ3v) is 6.75. The van der Waals surface area contributed by atoms with Gasteiger partial charge in [0.2, 0.25) is 0 Å². The molecule has 2 fully saturated rings. The summed E-state index contributed by atoms with van der Waals surface area (Å²) in [4.78, 5) is 16.1. The van der Waals surface area contributed by atoms with Gasteiger partial charge in [-0.2, -0.15) is 0 Å². The molecular weight excluding hydrogens is 411 g/mol. The average molecular weight is 425 g/mol. The number of amides is 2. The number of carbonyl (C=O) groups is 1. The Morgan fingerprint density at radius 3 is 2.16 bits per heavy atom. The van der Waals surface area contributed by atoms with Crippen molar-refractivity contribution < 1.29 is 17.6 Å². The average Bonchev–Trinajstić information content (AvgIpc) is 2.97. The van der Waals surface area contributed by atoms with E-state index in [2.05, 4.69) is 15.9 Å².